The van der Waals surface area contributed by atoms with Gasteiger partial charge in [-0.15, -0.1) is 5.10 Å². The highest BCUT2D eigenvalue weighted by Gasteiger charge is 2.42. The van der Waals surface area contributed by atoms with Gasteiger partial charge in [-0.25, -0.2) is 9.48 Å². The van der Waals surface area contributed by atoms with Gasteiger partial charge in [0, 0.05) is 26.6 Å². The fourth-order valence-electron chi connectivity index (χ4n) is 6.14. The molecule has 1 aromatic heterocycles. The van der Waals surface area contributed by atoms with Gasteiger partial charge in [-0.1, -0.05) is 53.7 Å². The fraction of sp³-hybridized carbons (Fsp3) is 0.421. The molecule has 1 saturated heterocycles. The number of amides is 3. The maximum Gasteiger partial charge on any atom is 0.408 e. The number of aryl methyl sites for hydroxylation is 1. The van der Waals surface area contributed by atoms with E-state index in [2.05, 4.69) is 20.9 Å². The molecule has 4 aromatic rings. The van der Waals surface area contributed by atoms with Crippen molar-refractivity contribution in [3.05, 3.63) is 89.5 Å². The van der Waals surface area contributed by atoms with Crippen molar-refractivity contribution in [3.63, 3.8) is 0 Å². The van der Waals surface area contributed by atoms with Gasteiger partial charge in [0.1, 0.15) is 35.6 Å². The molecule has 2 heterocycles. The van der Waals surface area contributed by atoms with Crippen molar-refractivity contribution in [1.29, 1.82) is 0 Å². The number of esters is 1. The monoisotopic (exact) mass is 698 g/mol. The van der Waals surface area contributed by atoms with Crippen molar-refractivity contribution in [1.82, 2.24) is 30.5 Å². The number of rotatable bonds is 13. The number of alkyl carbamates (subject to hydrolysis) is 1. The molecule has 13 heteroatoms. The zero-order valence-electron chi connectivity index (χ0n) is 29.8. The lowest BCUT2D eigenvalue weighted by Crippen LogP contribution is -2.54. The summed E-state index contributed by atoms with van der Waals surface area (Å²) in [4.78, 5) is 55.5. The molecule has 3 amide bonds. The number of hydrogen-bond donors (Lipinski definition) is 2. The van der Waals surface area contributed by atoms with Gasteiger partial charge in [-0.3, -0.25) is 14.4 Å². The Morgan fingerprint density at radius 3 is 2.39 bits per heavy atom. The number of nitrogens with one attached hydrogen (secondary N) is 2. The van der Waals surface area contributed by atoms with Crippen LogP contribution in [0.25, 0.3) is 11.0 Å². The van der Waals surface area contributed by atoms with Gasteiger partial charge in [0.15, 0.2) is 0 Å². The van der Waals surface area contributed by atoms with E-state index in [-0.39, 0.29) is 44.4 Å². The Kier molecular flexibility index (Phi) is 11.9. The van der Waals surface area contributed by atoms with Crippen LogP contribution in [0, 0.1) is 5.92 Å². The SMILES string of the molecule is COc1ccc(C[C@@H]2C[C@@H](C(=O)NCc3ccc4c(c3)nnn4C)N(C(=O)C(CCC(=O)OCc3ccccc3)NC(=O)OC(C)(C)C)C2)cc1. The lowest BCUT2D eigenvalue weighted by Gasteiger charge is -2.29. The molecule has 1 aliphatic rings. The second kappa shape index (κ2) is 16.5. The van der Waals surface area contributed by atoms with Crippen molar-refractivity contribution < 1.29 is 33.4 Å². The smallest absolute Gasteiger partial charge is 0.408 e. The second-order valence-corrected chi connectivity index (χ2v) is 13.8. The average Bonchev–Trinajstić information content (AvgIpc) is 3.70. The van der Waals surface area contributed by atoms with Crippen molar-refractivity contribution in [2.75, 3.05) is 13.7 Å². The maximum atomic E-state index is 14.3. The maximum absolute atomic E-state index is 14.3. The molecule has 0 aliphatic carbocycles. The van der Waals surface area contributed by atoms with Crippen LogP contribution in [0.15, 0.2) is 72.8 Å². The number of carbonyl (C=O) groups is 4. The summed E-state index contributed by atoms with van der Waals surface area (Å²) < 4.78 is 17.9. The van der Waals surface area contributed by atoms with Crippen molar-refractivity contribution in [2.24, 2.45) is 13.0 Å². The summed E-state index contributed by atoms with van der Waals surface area (Å²) >= 11 is 0. The Hall–Kier alpha value is -5.46. The number of ether oxygens (including phenoxy) is 3. The molecule has 270 valence electrons. The zero-order chi connectivity index (χ0) is 36.5. The van der Waals surface area contributed by atoms with Crippen LogP contribution in [0.1, 0.15) is 56.7 Å². The van der Waals surface area contributed by atoms with E-state index in [1.165, 1.54) is 4.90 Å². The summed E-state index contributed by atoms with van der Waals surface area (Å²) in [5.41, 5.74) is 3.46. The predicted molar refractivity (Wildman–Crippen MR) is 189 cm³/mol. The molecule has 0 bridgehead atoms. The number of hydrogen-bond acceptors (Lipinski definition) is 9. The van der Waals surface area contributed by atoms with Crippen LogP contribution in [-0.4, -0.2) is 75.1 Å². The number of methoxy groups -OCH3 is 1. The van der Waals surface area contributed by atoms with Crippen LogP contribution >= 0.6 is 0 Å². The number of benzene rings is 3. The summed E-state index contributed by atoms with van der Waals surface area (Å²) in [5, 5.41) is 13.9. The van der Waals surface area contributed by atoms with E-state index in [1.807, 2.05) is 79.8 Å². The van der Waals surface area contributed by atoms with E-state index in [1.54, 1.807) is 32.6 Å². The van der Waals surface area contributed by atoms with Crippen LogP contribution in [0.2, 0.25) is 0 Å². The number of fused-ring (bicyclic) bond motifs is 1. The predicted octanol–water partition coefficient (Wildman–Crippen LogP) is 4.47. The molecule has 1 unspecified atom stereocenters. The Morgan fingerprint density at radius 1 is 0.961 bits per heavy atom. The summed E-state index contributed by atoms with van der Waals surface area (Å²) in [7, 11) is 3.41. The highest BCUT2D eigenvalue weighted by molar-refractivity contribution is 5.92. The summed E-state index contributed by atoms with van der Waals surface area (Å²) in [5.74, 6) is -0.631. The molecule has 1 aliphatic heterocycles. The highest BCUT2D eigenvalue weighted by atomic mass is 16.6. The highest BCUT2D eigenvalue weighted by Crippen LogP contribution is 2.29. The van der Waals surface area contributed by atoms with E-state index in [4.69, 9.17) is 14.2 Å². The van der Waals surface area contributed by atoms with Crippen LogP contribution in [0.5, 0.6) is 5.75 Å². The first-order valence-electron chi connectivity index (χ1n) is 17.1. The number of nitrogens with zero attached hydrogens (tertiary/aromatic N) is 4. The van der Waals surface area contributed by atoms with E-state index < -0.39 is 35.7 Å². The van der Waals surface area contributed by atoms with Crippen molar-refractivity contribution in [3.8, 4) is 5.75 Å². The van der Waals surface area contributed by atoms with E-state index >= 15 is 0 Å². The summed E-state index contributed by atoms with van der Waals surface area (Å²) in [6, 6.07) is 20.7. The van der Waals surface area contributed by atoms with Gasteiger partial charge in [0.2, 0.25) is 11.8 Å². The minimum atomic E-state index is -1.14. The quantitative estimate of drug-likeness (QED) is 0.193. The minimum Gasteiger partial charge on any atom is -0.497 e. The third-order valence-corrected chi connectivity index (χ3v) is 8.67. The topological polar surface area (TPSA) is 154 Å². The molecular weight excluding hydrogens is 652 g/mol. The largest absolute Gasteiger partial charge is 0.497 e. The summed E-state index contributed by atoms with van der Waals surface area (Å²) in [6.07, 6.45) is 0.0526. The van der Waals surface area contributed by atoms with E-state index in [9.17, 15) is 19.2 Å². The van der Waals surface area contributed by atoms with Crippen LogP contribution in [-0.2, 0) is 50.5 Å². The Balaban J connectivity index is 1.32. The van der Waals surface area contributed by atoms with Crippen LogP contribution < -0.4 is 15.4 Å². The van der Waals surface area contributed by atoms with Crippen molar-refractivity contribution >= 4 is 34.9 Å². The molecule has 2 N–H and O–H groups in total. The molecule has 3 aromatic carbocycles. The first kappa shape index (κ1) is 36.8. The molecular formula is C38H46N6O7. The Bertz CT molecular complexity index is 1820. The molecule has 5 rings (SSSR count). The van der Waals surface area contributed by atoms with E-state index in [0.717, 1.165) is 28.0 Å². The first-order valence-corrected chi connectivity index (χ1v) is 17.1. The van der Waals surface area contributed by atoms with Crippen LogP contribution in [0.3, 0.4) is 0 Å². The summed E-state index contributed by atoms with van der Waals surface area (Å²) in [6.45, 7) is 5.74. The Labute approximate surface area is 297 Å². The molecule has 13 nitrogen and oxygen atoms in total. The molecule has 1 fully saturated rings. The average molecular weight is 699 g/mol. The van der Waals surface area contributed by atoms with E-state index in [0.29, 0.717) is 18.4 Å². The number of likely N-dealkylation sites (tertiary alicyclic amines) is 1. The minimum absolute atomic E-state index is 0.0438. The van der Waals surface area contributed by atoms with Crippen LogP contribution in [0.4, 0.5) is 4.79 Å². The Morgan fingerprint density at radius 2 is 1.69 bits per heavy atom. The zero-order valence-corrected chi connectivity index (χ0v) is 29.8. The van der Waals surface area contributed by atoms with Gasteiger partial charge in [-0.2, -0.15) is 0 Å². The first-order chi connectivity index (χ1) is 24.4. The van der Waals surface area contributed by atoms with Gasteiger partial charge < -0.3 is 29.7 Å². The fourth-order valence-corrected chi connectivity index (χ4v) is 6.14. The lowest BCUT2D eigenvalue weighted by molar-refractivity contribution is -0.146. The number of carbonyl (C=O) groups excluding carboxylic acids is 4. The van der Waals surface area contributed by atoms with Crippen molar-refractivity contribution in [2.45, 2.75) is 77.3 Å². The molecule has 0 saturated carbocycles. The molecule has 0 spiro atoms. The number of aromatic nitrogens is 3. The third kappa shape index (κ3) is 10.3. The normalized spacial score (nSPS) is 16.4. The molecule has 3 atom stereocenters. The van der Waals surface area contributed by atoms with Gasteiger partial charge in [0.05, 0.1) is 12.6 Å². The van der Waals surface area contributed by atoms with Gasteiger partial charge >= 0.3 is 12.1 Å². The second-order valence-electron chi connectivity index (χ2n) is 13.8. The molecule has 0 radical (unpaired) electrons. The molecule has 51 heavy (non-hydrogen) atoms. The third-order valence-electron chi connectivity index (χ3n) is 8.67. The standard InChI is InChI=1S/C38H46N6O7/c1-38(2,3)51-37(48)40-30(16-18-34(45)50-24-26-9-7-6-8-10-26)36(47)44-23-28(19-25-11-14-29(49-5)15-12-25)21-33(44)35(46)39-22-27-13-17-32-31(20-27)41-42-43(32)4/h6-15,17,20,28,30,33H,16,18-19,21-24H2,1-5H3,(H,39,46)(H,40,48)/t28-,30?,33+/m1/s1. The lowest BCUT2D eigenvalue weighted by atomic mass is 9.96. The van der Waals surface area contributed by atoms with Gasteiger partial charge in [-0.05, 0) is 86.9 Å². The van der Waals surface area contributed by atoms with Gasteiger partial charge in [0.25, 0.3) is 0 Å².